The Hall–Kier alpha value is -5.04. The maximum Gasteiger partial charge on any atom is 0.430 e. The van der Waals surface area contributed by atoms with Gasteiger partial charge >= 0.3 is 6.18 Å². The second-order valence-corrected chi connectivity index (χ2v) is 10.8. The van der Waals surface area contributed by atoms with E-state index in [9.17, 15) is 18.0 Å². The van der Waals surface area contributed by atoms with Crippen molar-refractivity contribution in [2.45, 2.75) is 11.8 Å². The fraction of sp³-hybridized carbons (Fsp3) is 0.281. The number of piperazine rings is 1. The number of carbonyl (C=O) groups excluding carboxylic acids is 1. The number of rotatable bonds is 7. The van der Waals surface area contributed by atoms with Gasteiger partial charge in [-0.15, -0.1) is 0 Å². The molecule has 0 bridgehead atoms. The Labute approximate surface area is 257 Å². The monoisotopic (exact) mass is 616 g/mol. The van der Waals surface area contributed by atoms with Gasteiger partial charge in [-0.2, -0.15) is 23.4 Å². The molecule has 0 radical (unpaired) electrons. The summed E-state index contributed by atoms with van der Waals surface area (Å²) in [5.41, 5.74) is 2.03. The maximum absolute atomic E-state index is 14.4. The van der Waals surface area contributed by atoms with Crippen molar-refractivity contribution in [2.75, 3.05) is 45.2 Å². The van der Waals surface area contributed by atoms with Crippen LogP contribution in [0.2, 0.25) is 0 Å². The molecule has 13 heteroatoms. The molecule has 0 N–H and O–H groups in total. The Bertz CT molecular complexity index is 1840. The Balaban J connectivity index is 1.25. The minimum Gasteiger partial charge on any atom is -0.356 e. The first-order valence-corrected chi connectivity index (χ1v) is 14.3. The van der Waals surface area contributed by atoms with Gasteiger partial charge in [0.1, 0.15) is 5.82 Å². The topological polar surface area (TPSA) is 93.2 Å². The molecule has 45 heavy (non-hydrogen) atoms. The number of fused-ring (bicyclic) bond motifs is 1. The van der Waals surface area contributed by atoms with Crippen molar-refractivity contribution in [3.63, 3.8) is 0 Å². The van der Waals surface area contributed by atoms with Crippen LogP contribution in [0.3, 0.4) is 0 Å². The minimum absolute atomic E-state index is 0.0829. The van der Waals surface area contributed by atoms with Gasteiger partial charge in [0, 0.05) is 106 Å². The lowest BCUT2D eigenvalue weighted by Gasteiger charge is -2.41. The lowest BCUT2D eigenvalue weighted by Crippen LogP contribution is -2.60. The molecule has 0 spiro atoms. The Kier molecular flexibility index (Phi) is 7.87. The predicted molar refractivity (Wildman–Crippen MR) is 164 cm³/mol. The number of halogens is 3. The zero-order valence-corrected chi connectivity index (χ0v) is 24.9. The lowest BCUT2D eigenvalue weighted by atomic mass is 9.90. The third kappa shape index (κ3) is 5.33. The normalized spacial score (nSPS) is 15.6. The van der Waals surface area contributed by atoms with E-state index in [1.807, 2.05) is 41.0 Å². The van der Waals surface area contributed by atoms with Gasteiger partial charge < -0.3 is 14.5 Å². The van der Waals surface area contributed by atoms with Gasteiger partial charge in [0.05, 0.1) is 17.9 Å². The fourth-order valence-corrected chi connectivity index (χ4v) is 5.82. The first-order valence-electron chi connectivity index (χ1n) is 14.3. The average Bonchev–Trinajstić information content (AvgIpc) is 3.67. The number of pyridine rings is 2. The molecule has 1 amide bonds. The van der Waals surface area contributed by atoms with Crippen molar-refractivity contribution in [1.82, 2.24) is 29.3 Å². The molecule has 4 aromatic heterocycles. The van der Waals surface area contributed by atoms with Crippen LogP contribution < -0.4 is 4.90 Å². The summed E-state index contributed by atoms with van der Waals surface area (Å²) >= 11 is 0. The quantitative estimate of drug-likeness (QED) is 0.248. The van der Waals surface area contributed by atoms with Crippen molar-refractivity contribution < 1.29 is 22.7 Å². The molecule has 1 unspecified atom stereocenters. The molecule has 10 nitrogen and oxygen atoms in total. The maximum atomic E-state index is 14.4. The number of amides is 1. The van der Waals surface area contributed by atoms with Crippen molar-refractivity contribution >= 4 is 23.5 Å². The van der Waals surface area contributed by atoms with Crippen LogP contribution in [0.1, 0.15) is 11.1 Å². The summed E-state index contributed by atoms with van der Waals surface area (Å²) in [6.45, 7) is 0.787. The number of aryl methyl sites for hydroxylation is 1. The zero-order chi connectivity index (χ0) is 31.8. The Morgan fingerprint density at radius 3 is 2.29 bits per heavy atom. The number of nitrogens with zero attached hydrogens (tertiary/aromatic N) is 8. The van der Waals surface area contributed by atoms with E-state index in [1.54, 1.807) is 42.6 Å². The number of alkyl halides is 3. The Morgan fingerprint density at radius 2 is 1.69 bits per heavy atom. The number of ether oxygens (including phenoxy) is 1. The summed E-state index contributed by atoms with van der Waals surface area (Å²) in [5, 5.41) is 8.84. The summed E-state index contributed by atoms with van der Waals surface area (Å²) in [5.74, 6) is -0.470. The van der Waals surface area contributed by atoms with E-state index in [1.165, 1.54) is 29.2 Å². The molecule has 232 valence electrons. The van der Waals surface area contributed by atoms with Crippen LogP contribution in [-0.4, -0.2) is 87.9 Å². The van der Waals surface area contributed by atoms with Crippen molar-refractivity contribution in [1.29, 1.82) is 0 Å². The van der Waals surface area contributed by atoms with Crippen LogP contribution in [0.25, 0.3) is 27.8 Å². The van der Waals surface area contributed by atoms with E-state index in [-0.39, 0.29) is 18.7 Å². The van der Waals surface area contributed by atoms with Gasteiger partial charge in [0.15, 0.2) is 0 Å². The number of aliphatic imine (C=N–C) groups is 1. The molecule has 0 aliphatic carbocycles. The lowest BCUT2D eigenvalue weighted by molar-refractivity contribution is -0.270. The molecule has 1 saturated heterocycles. The smallest absolute Gasteiger partial charge is 0.356 e. The molecule has 1 aliphatic heterocycles. The zero-order valence-electron chi connectivity index (χ0n) is 24.9. The van der Waals surface area contributed by atoms with E-state index < -0.39 is 17.7 Å². The molecule has 1 fully saturated rings. The molecule has 5 heterocycles. The van der Waals surface area contributed by atoms with Gasteiger partial charge in [0.25, 0.3) is 11.5 Å². The van der Waals surface area contributed by atoms with Gasteiger partial charge in [-0.25, -0.2) is 9.50 Å². The van der Waals surface area contributed by atoms with Gasteiger partial charge in [-0.1, -0.05) is 30.3 Å². The minimum atomic E-state index is -4.95. The SMILES string of the molecule is CN=Cc1cnn2cc(-c3cnn(C)c3)cc(-c3ccc(N4CCN(C(=O)C(OC)(c5ccccc5)C(F)(F)F)CC4)nc3)c12. The van der Waals surface area contributed by atoms with E-state index in [0.717, 1.165) is 40.4 Å². The van der Waals surface area contributed by atoms with Crippen molar-refractivity contribution in [3.8, 4) is 22.3 Å². The number of benzene rings is 1. The largest absolute Gasteiger partial charge is 0.430 e. The first-order chi connectivity index (χ1) is 21.7. The van der Waals surface area contributed by atoms with Gasteiger partial charge in [0.2, 0.25) is 0 Å². The summed E-state index contributed by atoms with van der Waals surface area (Å²) in [7, 11) is 4.48. The number of carbonyl (C=O) groups is 1. The number of methoxy groups -OCH3 is 1. The number of anilines is 1. The highest BCUT2D eigenvalue weighted by Crippen LogP contribution is 2.43. The number of aromatic nitrogens is 5. The molecule has 1 atom stereocenters. The first kappa shape index (κ1) is 30.0. The summed E-state index contributed by atoms with van der Waals surface area (Å²) in [6.07, 6.45) is 6.00. The number of hydrogen-bond donors (Lipinski definition) is 0. The van der Waals surface area contributed by atoms with E-state index >= 15 is 0 Å². The van der Waals surface area contributed by atoms with Crippen LogP contribution in [0.4, 0.5) is 19.0 Å². The average molecular weight is 617 g/mol. The number of hydrogen-bond acceptors (Lipinski definition) is 7. The summed E-state index contributed by atoms with van der Waals surface area (Å²) in [6, 6.07) is 12.9. The van der Waals surface area contributed by atoms with E-state index in [2.05, 4.69) is 21.3 Å². The van der Waals surface area contributed by atoms with E-state index in [0.29, 0.717) is 18.9 Å². The molecular formula is C32H31F3N8O2. The van der Waals surface area contributed by atoms with Crippen LogP contribution in [0.15, 0.2) is 84.5 Å². The molecule has 1 aromatic carbocycles. The van der Waals surface area contributed by atoms with E-state index in [4.69, 9.17) is 9.72 Å². The summed E-state index contributed by atoms with van der Waals surface area (Å²) < 4.78 is 51.9. The van der Waals surface area contributed by atoms with Crippen molar-refractivity contribution in [3.05, 3.63) is 90.6 Å². The third-order valence-corrected chi connectivity index (χ3v) is 8.08. The summed E-state index contributed by atoms with van der Waals surface area (Å²) in [4.78, 5) is 25.5. The second-order valence-electron chi connectivity index (χ2n) is 10.8. The van der Waals surface area contributed by atoms with Crippen LogP contribution >= 0.6 is 0 Å². The molecule has 6 rings (SSSR count). The predicted octanol–water partition coefficient (Wildman–Crippen LogP) is 4.60. The molecule has 0 saturated carbocycles. The highest BCUT2D eigenvalue weighted by Gasteiger charge is 2.63. The highest BCUT2D eigenvalue weighted by molar-refractivity contribution is 5.97. The molecule has 1 aliphatic rings. The van der Waals surface area contributed by atoms with Crippen LogP contribution in [0, 0.1) is 0 Å². The highest BCUT2D eigenvalue weighted by atomic mass is 19.4. The second kappa shape index (κ2) is 11.8. The molecular weight excluding hydrogens is 585 g/mol. The Morgan fingerprint density at radius 1 is 0.933 bits per heavy atom. The van der Waals surface area contributed by atoms with Crippen LogP contribution in [0.5, 0.6) is 0 Å². The standard InChI is InChI=1S/C32H31F3N8O2/c1-36-16-24-18-39-43-21-23(25-19-38-40(2)20-25)15-27(29(24)43)22-9-10-28(37-17-22)41-11-13-42(14-12-41)30(44)31(45-3,32(33,34)35)26-7-5-4-6-8-26/h4-10,15-21H,11-14H2,1-3H3. The van der Waals surface area contributed by atoms with Gasteiger partial charge in [-0.05, 0) is 18.2 Å². The van der Waals surface area contributed by atoms with Crippen molar-refractivity contribution in [2.24, 2.45) is 12.0 Å². The molecule has 5 aromatic rings. The van der Waals surface area contributed by atoms with Crippen LogP contribution in [-0.2, 0) is 22.2 Å². The third-order valence-electron chi connectivity index (χ3n) is 8.08. The van der Waals surface area contributed by atoms with Gasteiger partial charge in [-0.3, -0.25) is 14.5 Å². The fourth-order valence-electron chi connectivity index (χ4n) is 5.82.